The molecule has 11 nitrogen and oxygen atoms in total. The molecule has 1 fully saturated rings. The molecule has 1 aliphatic rings. The molecule has 11 heteroatoms. The number of aliphatic hydroxyl groups is 1. The van der Waals surface area contributed by atoms with Crippen LogP contribution in [0.5, 0.6) is 17.2 Å². The molecule has 204 valence electrons. The second kappa shape index (κ2) is 10.4. The molecular formula is C29H25N3O8. The second-order valence-electron chi connectivity index (χ2n) is 9.21. The highest BCUT2D eigenvalue weighted by atomic mass is 16.6. The number of ether oxygens (including phenoxy) is 2. The Morgan fingerprint density at radius 2 is 1.88 bits per heavy atom. The number of non-ortho nitro benzene ring substituents is 1. The first-order valence-electron chi connectivity index (χ1n) is 12.3. The number of benzene rings is 3. The summed E-state index contributed by atoms with van der Waals surface area (Å²) in [4.78, 5) is 42.0. The number of hydrogen-bond acceptors (Lipinski definition) is 8. The largest absolute Gasteiger partial charge is 0.507 e. The lowest BCUT2D eigenvalue weighted by atomic mass is 9.94. The summed E-state index contributed by atoms with van der Waals surface area (Å²) >= 11 is 0. The molecule has 40 heavy (non-hydrogen) atoms. The van der Waals surface area contributed by atoms with Gasteiger partial charge in [-0.15, -0.1) is 0 Å². The van der Waals surface area contributed by atoms with Crippen LogP contribution in [0.3, 0.4) is 0 Å². The van der Waals surface area contributed by atoms with Gasteiger partial charge in [0.15, 0.2) is 11.5 Å². The Bertz CT molecular complexity index is 1690. The fourth-order valence-corrected chi connectivity index (χ4v) is 4.98. The van der Waals surface area contributed by atoms with Gasteiger partial charge in [-0.1, -0.05) is 18.2 Å². The zero-order valence-electron chi connectivity index (χ0n) is 21.6. The number of hydrogen-bond donors (Lipinski definition) is 3. The third-order valence-corrected chi connectivity index (χ3v) is 6.99. The Morgan fingerprint density at radius 3 is 2.60 bits per heavy atom. The number of rotatable bonds is 8. The summed E-state index contributed by atoms with van der Waals surface area (Å²) in [5.74, 6) is -1.67. The minimum atomic E-state index is -1.05. The van der Waals surface area contributed by atoms with E-state index in [9.17, 15) is 29.9 Å². The van der Waals surface area contributed by atoms with Crippen LogP contribution in [0.4, 0.5) is 5.69 Å². The van der Waals surface area contributed by atoms with Crippen LogP contribution in [0.15, 0.2) is 72.4 Å². The van der Waals surface area contributed by atoms with Gasteiger partial charge in [-0.05, 0) is 47.9 Å². The maximum atomic E-state index is 13.4. The van der Waals surface area contributed by atoms with Gasteiger partial charge in [0.05, 0.1) is 30.8 Å². The molecule has 1 unspecified atom stereocenters. The minimum absolute atomic E-state index is 0.0201. The third kappa shape index (κ3) is 4.57. The molecule has 0 saturated carbocycles. The molecule has 0 spiro atoms. The number of nitro benzene ring substituents is 1. The summed E-state index contributed by atoms with van der Waals surface area (Å²) in [5, 5.41) is 33.6. The van der Waals surface area contributed by atoms with Gasteiger partial charge in [0.2, 0.25) is 0 Å². The SMILES string of the molecule is COc1ccc2[nH]cc(CCN3C(=O)C(=O)/C(=C(\O)c4cccc([N+](=O)[O-])c4)C3c3ccc(O)c(OC)c3)c2c1. The molecule has 3 aromatic carbocycles. The van der Waals surface area contributed by atoms with Gasteiger partial charge in [0.1, 0.15) is 11.5 Å². The second-order valence-corrected chi connectivity index (χ2v) is 9.21. The Hall–Kier alpha value is -5.32. The highest BCUT2D eigenvalue weighted by molar-refractivity contribution is 6.46. The summed E-state index contributed by atoms with van der Waals surface area (Å²) in [6, 6.07) is 14.1. The van der Waals surface area contributed by atoms with E-state index in [0.29, 0.717) is 17.7 Å². The average molecular weight is 544 g/mol. The number of nitrogens with zero attached hydrogens (tertiary/aromatic N) is 2. The van der Waals surface area contributed by atoms with Crippen molar-refractivity contribution in [3.05, 3.63) is 99.2 Å². The third-order valence-electron chi connectivity index (χ3n) is 6.99. The number of likely N-dealkylation sites (tertiary alicyclic amines) is 1. The maximum Gasteiger partial charge on any atom is 0.295 e. The van der Waals surface area contributed by atoms with Crippen LogP contribution in [-0.2, 0) is 16.0 Å². The van der Waals surface area contributed by atoms with Crippen molar-refractivity contribution in [3.8, 4) is 17.2 Å². The van der Waals surface area contributed by atoms with Gasteiger partial charge < -0.3 is 29.6 Å². The molecule has 1 amide bonds. The Kier molecular flexibility index (Phi) is 6.87. The number of methoxy groups -OCH3 is 2. The number of fused-ring (bicyclic) bond motifs is 1. The number of aliphatic hydroxyl groups excluding tert-OH is 1. The molecule has 4 aromatic rings. The van der Waals surface area contributed by atoms with Gasteiger partial charge in [-0.2, -0.15) is 0 Å². The number of aromatic amines is 1. The van der Waals surface area contributed by atoms with Gasteiger partial charge in [-0.3, -0.25) is 19.7 Å². The van der Waals surface area contributed by atoms with Gasteiger partial charge in [0, 0.05) is 41.3 Å². The number of aromatic hydroxyl groups is 1. The standard InChI is InChI=1S/C29H25N3O8/c1-39-20-7-8-22-21(14-20)18(15-30-22)10-11-31-26(16-6-9-23(33)24(13-16)40-2)25(28(35)29(31)36)27(34)17-4-3-5-19(12-17)32(37)38/h3-9,12-15,26,30,33-34H,10-11H2,1-2H3/b27-25-. The first kappa shape index (κ1) is 26.3. The summed E-state index contributed by atoms with van der Waals surface area (Å²) in [6.45, 7) is 0.105. The number of H-pyrrole nitrogens is 1. The Balaban J connectivity index is 1.60. The summed E-state index contributed by atoms with van der Waals surface area (Å²) in [7, 11) is 2.93. The van der Waals surface area contributed by atoms with E-state index in [1.54, 1.807) is 7.11 Å². The van der Waals surface area contributed by atoms with E-state index in [0.717, 1.165) is 22.5 Å². The Morgan fingerprint density at radius 1 is 1.07 bits per heavy atom. The molecule has 1 atom stereocenters. The lowest BCUT2D eigenvalue weighted by Crippen LogP contribution is -2.31. The number of Topliss-reactive ketones (excluding diaryl/α,β-unsaturated/α-hetero) is 1. The number of amides is 1. The average Bonchev–Trinajstić information content (AvgIpc) is 3.48. The van der Waals surface area contributed by atoms with E-state index >= 15 is 0 Å². The summed E-state index contributed by atoms with van der Waals surface area (Å²) in [6.07, 6.45) is 2.19. The predicted octanol–water partition coefficient (Wildman–Crippen LogP) is 4.46. The van der Waals surface area contributed by atoms with E-state index in [2.05, 4.69) is 4.98 Å². The topological polar surface area (TPSA) is 155 Å². The first-order chi connectivity index (χ1) is 19.2. The number of carbonyl (C=O) groups excluding carboxylic acids is 2. The molecular weight excluding hydrogens is 518 g/mol. The van der Waals surface area contributed by atoms with Gasteiger partial charge >= 0.3 is 0 Å². The molecule has 3 N–H and O–H groups in total. The maximum absolute atomic E-state index is 13.4. The van der Waals surface area contributed by atoms with Crippen LogP contribution in [-0.4, -0.2) is 57.5 Å². The van der Waals surface area contributed by atoms with Crippen molar-refractivity contribution in [1.82, 2.24) is 9.88 Å². The highest BCUT2D eigenvalue weighted by Gasteiger charge is 2.46. The number of phenols is 1. The zero-order chi connectivity index (χ0) is 28.6. The summed E-state index contributed by atoms with van der Waals surface area (Å²) < 4.78 is 10.6. The molecule has 5 rings (SSSR count). The molecule has 2 heterocycles. The summed E-state index contributed by atoms with van der Waals surface area (Å²) in [5.41, 5.74) is 1.68. The molecule has 1 aliphatic heterocycles. The van der Waals surface area contributed by atoms with Crippen molar-refractivity contribution in [2.45, 2.75) is 12.5 Å². The number of phenolic OH excluding ortho intramolecular Hbond substituents is 1. The zero-order valence-corrected chi connectivity index (χ0v) is 21.6. The van der Waals surface area contributed by atoms with Gasteiger partial charge in [0.25, 0.3) is 17.4 Å². The molecule has 0 aliphatic carbocycles. The number of nitro groups is 1. The van der Waals surface area contributed by atoms with E-state index < -0.39 is 28.4 Å². The monoisotopic (exact) mass is 543 g/mol. The molecule has 0 radical (unpaired) electrons. The van der Waals surface area contributed by atoms with Crippen LogP contribution in [0, 0.1) is 10.1 Å². The van der Waals surface area contributed by atoms with Crippen molar-refractivity contribution in [2.24, 2.45) is 0 Å². The lowest BCUT2D eigenvalue weighted by molar-refractivity contribution is -0.384. The van der Waals surface area contributed by atoms with Crippen molar-refractivity contribution in [2.75, 3.05) is 20.8 Å². The van der Waals surface area contributed by atoms with Crippen LogP contribution in [0.2, 0.25) is 0 Å². The molecule has 0 bridgehead atoms. The number of aromatic nitrogens is 1. The molecule has 1 aromatic heterocycles. The lowest BCUT2D eigenvalue weighted by Gasteiger charge is -2.25. The normalized spacial score (nSPS) is 16.4. The van der Waals surface area contributed by atoms with E-state index in [4.69, 9.17) is 9.47 Å². The van der Waals surface area contributed by atoms with E-state index in [-0.39, 0.29) is 34.9 Å². The Labute approximate surface area is 228 Å². The van der Waals surface area contributed by atoms with Crippen LogP contribution in [0.1, 0.15) is 22.7 Å². The van der Waals surface area contributed by atoms with Crippen LogP contribution in [0.25, 0.3) is 16.7 Å². The van der Waals surface area contributed by atoms with Crippen molar-refractivity contribution < 1.29 is 34.2 Å². The smallest absolute Gasteiger partial charge is 0.295 e. The predicted molar refractivity (Wildman–Crippen MR) is 145 cm³/mol. The van der Waals surface area contributed by atoms with Gasteiger partial charge in [-0.25, -0.2) is 0 Å². The fraction of sp³-hybridized carbons (Fsp3) is 0.172. The van der Waals surface area contributed by atoms with Crippen molar-refractivity contribution >= 4 is 34.0 Å². The quantitative estimate of drug-likeness (QED) is 0.0967. The van der Waals surface area contributed by atoms with E-state index in [1.807, 2.05) is 24.4 Å². The first-order valence-corrected chi connectivity index (χ1v) is 12.3. The molecule has 1 saturated heterocycles. The van der Waals surface area contributed by atoms with Crippen LogP contribution >= 0.6 is 0 Å². The highest BCUT2D eigenvalue weighted by Crippen LogP contribution is 2.42. The van der Waals surface area contributed by atoms with Crippen molar-refractivity contribution in [1.29, 1.82) is 0 Å². The van der Waals surface area contributed by atoms with E-state index in [1.165, 1.54) is 48.4 Å². The fourth-order valence-electron chi connectivity index (χ4n) is 4.98. The number of nitrogens with one attached hydrogen (secondary N) is 1. The van der Waals surface area contributed by atoms with Crippen molar-refractivity contribution in [3.63, 3.8) is 0 Å². The number of ketones is 1. The van der Waals surface area contributed by atoms with Crippen LogP contribution < -0.4 is 9.47 Å². The minimum Gasteiger partial charge on any atom is -0.507 e. The number of carbonyl (C=O) groups is 2.